The number of sulfonamides is 1. The van der Waals surface area contributed by atoms with Gasteiger partial charge in [-0.2, -0.15) is 0 Å². The molecule has 3 rings (SSSR count). The number of carbonyl (C=O) groups is 2. The Balaban J connectivity index is 1.75. The van der Waals surface area contributed by atoms with Crippen LogP contribution in [-0.4, -0.2) is 32.7 Å². The van der Waals surface area contributed by atoms with Crippen LogP contribution in [0.15, 0.2) is 47.4 Å². The van der Waals surface area contributed by atoms with E-state index in [1.165, 1.54) is 31.2 Å². The van der Waals surface area contributed by atoms with Crippen LogP contribution < -0.4 is 9.62 Å². The summed E-state index contributed by atoms with van der Waals surface area (Å²) in [7, 11) is -3.77. The van der Waals surface area contributed by atoms with Gasteiger partial charge in [0.2, 0.25) is 15.9 Å². The zero-order chi connectivity index (χ0) is 19.8. The molecule has 0 radical (unpaired) electrons. The minimum absolute atomic E-state index is 0.0737. The quantitative estimate of drug-likeness (QED) is 0.801. The molecule has 0 spiro atoms. The highest BCUT2D eigenvalue weighted by molar-refractivity contribution is 7.89. The second kappa shape index (κ2) is 7.25. The van der Waals surface area contributed by atoms with Crippen LogP contribution in [0.4, 0.5) is 5.69 Å². The van der Waals surface area contributed by atoms with E-state index in [0.717, 1.165) is 16.8 Å². The Morgan fingerprint density at radius 2 is 1.74 bits per heavy atom. The normalized spacial score (nSPS) is 17.4. The van der Waals surface area contributed by atoms with Gasteiger partial charge in [-0.25, -0.2) is 13.1 Å². The summed E-state index contributed by atoms with van der Waals surface area (Å²) in [6.07, 6.45) is 0.109. The van der Waals surface area contributed by atoms with Crippen LogP contribution in [0.25, 0.3) is 0 Å². The first-order valence-corrected chi connectivity index (χ1v) is 10.2. The topological polar surface area (TPSA) is 83.5 Å². The van der Waals surface area contributed by atoms with Gasteiger partial charge in [-0.05, 0) is 56.2 Å². The van der Waals surface area contributed by atoms with Crippen LogP contribution >= 0.6 is 0 Å². The number of carbonyl (C=O) groups excluding carboxylic acids is 2. The van der Waals surface area contributed by atoms with Crippen LogP contribution in [0.1, 0.15) is 34.8 Å². The van der Waals surface area contributed by atoms with Crippen molar-refractivity contribution in [1.29, 1.82) is 0 Å². The van der Waals surface area contributed by atoms with Gasteiger partial charge in [0.05, 0.1) is 4.90 Å². The Kier molecular flexibility index (Phi) is 5.17. The van der Waals surface area contributed by atoms with Gasteiger partial charge in [0.25, 0.3) is 0 Å². The maximum atomic E-state index is 12.6. The molecule has 1 aliphatic heterocycles. The van der Waals surface area contributed by atoms with Crippen LogP contribution in [0.3, 0.4) is 0 Å². The van der Waals surface area contributed by atoms with Crippen LogP contribution in [0.2, 0.25) is 0 Å². The van der Waals surface area contributed by atoms with Gasteiger partial charge in [-0.3, -0.25) is 9.59 Å². The summed E-state index contributed by atoms with van der Waals surface area (Å²) in [5, 5.41) is 0. The van der Waals surface area contributed by atoms with E-state index in [9.17, 15) is 18.0 Å². The minimum atomic E-state index is -3.77. The molecule has 2 aromatic rings. The first-order chi connectivity index (χ1) is 12.7. The van der Waals surface area contributed by atoms with Crippen molar-refractivity contribution in [2.24, 2.45) is 0 Å². The number of nitrogens with one attached hydrogen (secondary N) is 1. The standard InChI is InChI=1S/C20H22N2O4S/c1-13-4-7-18(10-14(13)2)22-12-17(11-20(22)24)21-27(25,26)19-8-5-16(6-9-19)15(3)23/h4-10,17,21H,11-12H2,1-3H3. The second-order valence-electron chi connectivity index (χ2n) is 6.88. The summed E-state index contributed by atoms with van der Waals surface area (Å²) in [6.45, 7) is 5.68. The molecule has 0 bridgehead atoms. The van der Waals surface area contributed by atoms with Crippen molar-refractivity contribution < 1.29 is 18.0 Å². The van der Waals surface area contributed by atoms with E-state index < -0.39 is 16.1 Å². The molecule has 0 saturated carbocycles. The van der Waals surface area contributed by atoms with E-state index >= 15 is 0 Å². The lowest BCUT2D eigenvalue weighted by molar-refractivity contribution is -0.117. The van der Waals surface area contributed by atoms with Crippen LogP contribution in [0, 0.1) is 13.8 Å². The molecule has 0 aromatic heterocycles. The lowest BCUT2D eigenvalue weighted by atomic mass is 10.1. The second-order valence-corrected chi connectivity index (χ2v) is 8.59. The third-order valence-corrected chi connectivity index (χ3v) is 6.36. The minimum Gasteiger partial charge on any atom is -0.311 e. The van der Waals surface area contributed by atoms with Gasteiger partial charge >= 0.3 is 0 Å². The Morgan fingerprint density at radius 1 is 1.07 bits per heavy atom. The number of amides is 1. The number of Topliss-reactive ketones (excluding diaryl/α,β-unsaturated/α-hetero) is 1. The largest absolute Gasteiger partial charge is 0.311 e. The van der Waals surface area contributed by atoms with Crippen molar-refractivity contribution in [1.82, 2.24) is 4.72 Å². The molecule has 1 atom stereocenters. The van der Waals surface area contributed by atoms with Crippen molar-refractivity contribution in [2.75, 3.05) is 11.4 Å². The summed E-state index contributed by atoms with van der Waals surface area (Å²) < 4.78 is 27.8. The SMILES string of the molecule is CC(=O)c1ccc(S(=O)(=O)NC2CC(=O)N(c3ccc(C)c(C)c3)C2)cc1. The summed E-state index contributed by atoms with van der Waals surface area (Å²) in [4.78, 5) is 25.4. The molecule has 1 amide bonds. The highest BCUT2D eigenvalue weighted by Gasteiger charge is 2.33. The van der Waals surface area contributed by atoms with Gasteiger partial charge in [-0.15, -0.1) is 0 Å². The van der Waals surface area contributed by atoms with Gasteiger partial charge in [0.1, 0.15) is 0 Å². The van der Waals surface area contributed by atoms with E-state index in [1.54, 1.807) is 4.90 Å². The number of benzene rings is 2. The fourth-order valence-electron chi connectivity index (χ4n) is 3.09. The number of hydrogen-bond donors (Lipinski definition) is 1. The van der Waals surface area contributed by atoms with Gasteiger partial charge in [0, 0.05) is 30.3 Å². The number of anilines is 1. The number of rotatable bonds is 5. The molecule has 6 nitrogen and oxygen atoms in total. The van der Waals surface area contributed by atoms with E-state index in [-0.39, 0.29) is 29.6 Å². The third kappa shape index (κ3) is 4.09. The van der Waals surface area contributed by atoms with Crippen LogP contribution in [0.5, 0.6) is 0 Å². The molecule has 1 fully saturated rings. The fraction of sp³-hybridized carbons (Fsp3) is 0.300. The number of ketones is 1. The molecule has 1 saturated heterocycles. The van der Waals surface area contributed by atoms with Crippen molar-refractivity contribution in [3.05, 3.63) is 59.2 Å². The van der Waals surface area contributed by atoms with Crippen LogP contribution in [-0.2, 0) is 14.8 Å². The Bertz CT molecular complexity index is 997. The highest BCUT2D eigenvalue weighted by atomic mass is 32.2. The molecule has 1 unspecified atom stereocenters. The molecule has 27 heavy (non-hydrogen) atoms. The molecule has 1 aliphatic rings. The number of aryl methyl sites for hydroxylation is 2. The average Bonchev–Trinajstić information content (AvgIpc) is 2.97. The highest BCUT2D eigenvalue weighted by Crippen LogP contribution is 2.25. The maximum absolute atomic E-state index is 12.6. The fourth-order valence-corrected chi connectivity index (χ4v) is 4.31. The van der Waals surface area contributed by atoms with Crippen molar-refractivity contribution in [2.45, 2.75) is 38.1 Å². The van der Waals surface area contributed by atoms with E-state index in [1.807, 2.05) is 32.0 Å². The molecule has 142 valence electrons. The number of nitrogens with zero attached hydrogens (tertiary/aromatic N) is 1. The molecule has 1 N–H and O–H groups in total. The van der Waals surface area contributed by atoms with E-state index in [4.69, 9.17) is 0 Å². The maximum Gasteiger partial charge on any atom is 0.240 e. The summed E-state index contributed by atoms with van der Waals surface area (Å²) in [6, 6.07) is 11.0. The van der Waals surface area contributed by atoms with Gasteiger partial charge in [0.15, 0.2) is 5.78 Å². The molecular formula is C20H22N2O4S. The summed E-state index contributed by atoms with van der Waals surface area (Å²) in [5.41, 5.74) is 3.44. The van der Waals surface area contributed by atoms with Crippen molar-refractivity contribution >= 4 is 27.4 Å². The first kappa shape index (κ1) is 19.3. The number of hydrogen-bond acceptors (Lipinski definition) is 4. The Hall–Kier alpha value is -2.51. The van der Waals surface area contributed by atoms with Gasteiger partial charge in [-0.1, -0.05) is 18.2 Å². The predicted molar refractivity (Wildman–Crippen MR) is 103 cm³/mol. The molecular weight excluding hydrogens is 364 g/mol. The predicted octanol–water partition coefficient (Wildman–Crippen LogP) is 2.59. The summed E-state index contributed by atoms with van der Waals surface area (Å²) in [5.74, 6) is -0.241. The first-order valence-electron chi connectivity index (χ1n) is 8.68. The zero-order valence-corrected chi connectivity index (χ0v) is 16.3. The average molecular weight is 386 g/mol. The molecule has 1 heterocycles. The zero-order valence-electron chi connectivity index (χ0n) is 15.5. The lowest BCUT2D eigenvalue weighted by Gasteiger charge is -2.18. The smallest absolute Gasteiger partial charge is 0.240 e. The van der Waals surface area contributed by atoms with Crippen molar-refractivity contribution in [3.63, 3.8) is 0 Å². The monoisotopic (exact) mass is 386 g/mol. The Labute approximate surface area is 159 Å². The van der Waals surface area contributed by atoms with E-state index in [0.29, 0.717) is 5.56 Å². The molecule has 2 aromatic carbocycles. The molecule has 7 heteroatoms. The molecule has 0 aliphatic carbocycles. The Morgan fingerprint density at radius 3 is 2.33 bits per heavy atom. The van der Waals surface area contributed by atoms with Gasteiger partial charge < -0.3 is 4.90 Å². The van der Waals surface area contributed by atoms with Crippen molar-refractivity contribution in [3.8, 4) is 0 Å². The summed E-state index contributed by atoms with van der Waals surface area (Å²) >= 11 is 0. The van der Waals surface area contributed by atoms with E-state index in [2.05, 4.69) is 4.72 Å². The third-order valence-electron chi connectivity index (χ3n) is 4.82. The lowest BCUT2D eigenvalue weighted by Crippen LogP contribution is -2.37.